The van der Waals surface area contributed by atoms with Crippen molar-refractivity contribution in [2.75, 3.05) is 19.7 Å². The topological polar surface area (TPSA) is 46.6 Å². The summed E-state index contributed by atoms with van der Waals surface area (Å²) in [6.45, 7) is 3.56. The van der Waals surface area contributed by atoms with Crippen LogP contribution in [0.2, 0.25) is 0 Å². The maximum atomic E-state index is 12.7. The molecule has 0 spiro atoms. The molecule has 4 nitrogen and oxygen atoms in total. The number of likely N-dealkylation sites (tertiary alicyclic amines) is 1. The lowest BCUT2D eigenvalue weighted by molar-refractivity contribution is -0.148. The molecule has 1 aromatic heterocycles. The van der Waals surface area contributed by atoms with Gasteiger partial charge in [0.15, 0.2) is 0 Å². The summed E-state index contributed by atoms with van der Waals surface area (Å²) >= 11 is 1.68. The van der Waals surface area contributed by atoms with E-state index in [4.69, 9.17) is 4.74 Å². The lowest BCUT2D eigenvalue weighted by atomic mass is 10.0. The van der Waals surface area contributed by atoms with Crippen molar-refractivity contribution in [3.8, 4) is 0 Å². The standard InChI is InChI=1S/C18H21NO3S/c1-2-22-18(21)13-4-3-9-19(10-7-13)17(20)15-5-6-16-14(12-15)8-11-23-16/h5-6,8,11-13H,2-4,7,9-10H2,1H3. The molecule has 23 heavy (non-hydrogen) atoms. The average Bonchev–Trinajstić information content (AvgIpc) is 2.88. The number of nitrogens with zero attached hydrogens (tertiary/aromatic N) is 1. The minimum absolute atomic E-state index is 0.0580. The lowest BCUT2D eigenvalue weighted by Crippen LogP contribution is -2.32. The van der Waals surface area contributed by atoms with Gasteiger partial charge in [0.05, 0.1) is 12.5 Å². The van der Waals surface area contributed by atoms with Crippen LogP contribution in [0.5, 0.6) is 0 Å². The van der Waals surface area contributed by atoms with E-state index in [-0.39, 0.29) is 17.8 Å². The lowest BCUT2D eigenvalue weighted by Gasteiger charge is -2.20. The number of esters is 1. The molecule has 0 saturated carbocycles. The van der Waals surface area contributed by atoms with Crippen LogP contribution in [-0.4, -0.2) is 36.5 Å². The molecule has 1 aromatic carbocycles. The minimum atomic E-state index is -0.124. The number of rotatable bonds is 3. The highest BCUT2D eigenvalue weighted by molar-refractivity contribution is 7.17. The Hall–Kier alpha value is -1.88. The summed E-state index contributed by atoms with van der Waals surface area (Å²) in [6, 6.07) is 7.90. The molecule has 5 heteroatoms. The van der Waals surface area contributed by atoms with Crippen LogP contribution >= 0.6 is 11.3 Å². The zero-order chi connectivity index (χ0) is 16.2. The first-order valence-corrected chi connectivity index (χ1v) is 9.00. The monoisotopic (exact) mass is 331 g/mol. The van der Waals surface area contributed by atoms with Gasteiger partial charge in [0.1, 0.15) is 0 Å². The van der Waals surface area contributed by atoms with Gasteiger partial charge in [-0.25, -0.2) is 0 Å². The van der Waals surface area contributed by atoms with Gasteiger partial charge in [0.25, 0.3) is 5.91 Å². The Kier molecular flexibility index (Phi) is 4.96. The fraction of sp³-hybridized carbons (Fsp3) is 0.444. The fourth-order valence-electron chi connectivity index (χ4n) is 3.08. The number of carbonyl (C=O) groups excluding carboxylic acids is 2. The van der Waals surface area contributed by atoms with Gasteiger partial charge in [-0.3, -0.25) is 9.59 Å². The second-order valence-corrected chi connectivity index (χ2v) is 6.79. The predicted molar refractivity (Wildman–Crippen MR) is 91.7 cm³/mol. The largest absolute Gasteiger partial charge is 0.466 e. The van der Waals surface area contributed by atoms with E-state index in [0.29, 0.717) is 26.1 Å². The number of fused-ring (bicyclic) bond motifs is 1. The zero-order valence-corrected chi connectivity index (χ0v) is 14.1. The third kappa shape index (κ3) is 3.55. The number of ether oxygens (including phenoxy) is 1. The highest BCUT2D eigenvalue weighted by Gasteiger charge is 2.26. The normalized spacial score (nSPS) is 18.7. The first kappa shape index (κ1) is 16.0. The van der Waals surface area contributed by atoms with Crippen molar-refractivity contribution in [2.45, 2.75) is 26.2 Å². The van der Waals surface area contributed by atoms with Crippen LogP contribution in [0.25, 0.3) is 10.1 Å². The minimum Gasteiger partial charge on any atom is -0.466 e. The molecule has 2 heterocycles. The van der Waals surface area contributed by atoms with Crippen LogP contribution in [0.1, 0.15) is 36.5 Å². The van der Waals surface area contributed by atoms with Crippen molar-refractivity contribution >= 4 is 33.3 Å². The van der Waals surface area contributed by atoms with Crippen molar-refractivity contribution in [3.05, 3.63) is 35.2 Å². The summed E-state index contributed by atoms with van der Waals surface area (Å²) < 4.78 is 6.31. The molecule has 1 saturated heterocycles. The smallest absolute Gasteiger partial charge is 0.308 e. The summed E-state index contributed by atoms with van der Waals surface area (Å²) in [4.78, 5) is 26.5. The Bertz CT molecular complexity index is 709. The molecule has 0 N–H and O–H groups in total. The third-order valence-electron chi connectivity index (χ3n) is 4.33. The summed E-state index contributed by atoms with van der Waals surface area (Å²) in [5, 5.41) is 3.15. The van der Waals surface area contributed by atoms with Crippen LogP contribution in [0, 0.1) is 5.92 Å². The SMILES string of the molecule is CCOC(=O)C1CCCN(C(=O)c2ccc3sccc3c2)CC1. The van der Waals surface area contributed by atoms with Crippen LogP contribution in [0.3, 0.4) is 0 Å². The maximum absolute atomic E-state index is 12.7. The van der Waals surface area contributed by atoms with Crippen molar-refractivity contribution in [1.82, 2.24) is 4.90 Å². The Balaban J connectivity index is 1.69. The molecule has 0 radical (unpaired) electrons. The molecule has 1 unspecified atom stereocenters. The van der Waals surface area contributed by atoms with Crippen LogP contribution in [0.4, 0.5) is 0 Å². The molecule has 2 aromatic rings. The molecule has 0 aliphatic carbocycles. The van der Waals surface area contributed by atoms with Gasteiger partial charge in [0.2, 0.25) is 0 Å². The first-order valence-electron chi connectivity index (χ1n) is 8.12. The summed E-state index contributed by atoms with van der Waals surface area (Å²) in [6.07, 6.45) is 2.33. The van der Waals surface area contributed by atoms with Crippen molar-refractivity contribution < 1.29 is 14.3 Å². The van der Waals surface area contributed by atoms with E-state index < -0.39 is 0 Å². The Morgan fingerprint density at radius 1 is 1.26 bits per heavy atom. The molecule has 122 valence electrons. The molecule has 1 aliphatic rings. The number of hydrogen-bond acceptors (Lipinski definition) is 4. The maximum Gasteiger partial charge on any atom is 0.308 e. The van der Waals surface area contributed by atoms with Crippen molar-refractivity contribution in [1.29, 1.82) is 0 Å². The molecule has 3 rings (SSSR count). The van der Waals surface area contributed by atoms with Gasteiger partial charge in [-0.1, -0.05) is 0 Å². The third-order valence-corrected chi connectivity index (χ3v) is 5.23. The first-order chi connectivity index (χ1) is 11.2. The second kappa shape index (κ2) is 7.13. The highest BCUT2D eigenvalue weighted by Crippen LogP contribution is 2.24. The number of hydrogen-bond donors (Lipinski definition) is 0. The molecule has 1 fully saturated rings. The highest BCUT2D eigenvalue weighted by atomic mass is 32.1. The number of benzene rings is 1. The Morgan fingerprint density at radius 3 is 2.96 bits per heavy atom. The van der Waals surface area contributed by atoms with Crippen LogP contribution in [-0.2, 0) is 9.53 Å². The van der Waals surface area contributed by atoms with Crippen LogP contribution < -0.4 is 0 Å². The van der Waals surface area contributed by atoms with Gasteiger partial charge >= 0.3 is 5.97 Å². The van der Waals surface area contributed by atoms with Crippen molar-refractivity contribution in [2.24, 2.45) is 5.92 Å². The van der Waals surface area contributed by atoms with Gasteiger partial charge < -0.3 is 9.64 Å². The van der Waals surface area contributed by atoms with Gasteiger partial charge in [-0.15, -0.1) is 11.3 Å². The van der Waals surface area contributed by atoms with E-state index >= 15 is 0 Å². The molecule has 1 atom stereocenters. The zero-order valence-electron chi connectivity index (χ0n) is 13.3. The van der Waals surface area contributed by atoms with Crippen molar-refractivity contribution in [3.63, 3.8) is 0 Å². The quantitative estimate of drug-likeness (QED) is 0.806. The number of thiophene rings is 1. The van der Waals surface area contributed by atoms with E-state index in [1.165, 1.54) is 4.70 Å². The summed E-state index contributed by atoms with van der Waals surface area (Å²) in [5.41, 5.74) is 0.727. The molecule has 1 aliphatic heterocycles. The van der Waals surface area contributed by atoms with E-state index in [0.717, 1.165) is 23.8 Å². The molecular formula is C18H21NO3S. The molecular weight excluding hydrogens is 310 g/mol. The number of amides is 1. The Morgan fingerprint density at radius 2 is 2.13 bits per heavy atom. The van der Waals surface area contributed by atoms with E-state index in [9.17, 15) is 9.59 Å². The number of carbonyl (C=O) groups is 2. The predicted octanol–water partition coefficient (Wildman–Crippen LogP) is 3.71. The van der Waals surface area contributed by atoms with E-state index in [1.807, 2.05) is 41.5 Å². The fourth-order valence-corrected chi connectivity index (χ4v) is 3.85. The summed E-state index contributed by atoms with van der Waals surface area (Å²) in [7, 11) is 0. The Labute approximate surface area is 140 Å². The van der Waals surface area contributed by atoms with E-state index in [2.05, 4.69) is 0 Å². The molecule has 0 bridgehead atoms. The second-order valence-electron chi connectivity index (χ2n) is 5.85. The molecule has 1 amide bonds. The average molecular weight is 331 g/mol. The van der Waals surface area contributed by atoms with Gasteiger partial charge in [-0.05, 0) is 61.2 Å². The van der Waals surface area contributed by atoms with Crippen LogP contribution in [0.15, 0.2) is 29.6 Å². The summed E-state index contributed by atoms with van der Waals surface area (Å²) in [5.74, 6) is -0.142. The van der Waals surface area contributed by atoms with E-state index in [1.54, 1.807) is 11.3 Å². The van der Waals surface area contributed by atoms with Gasteiger partial charge in [0, 0.05) is 23.4 Å². The van der Waals surface area contributed by atoms with Gasteiger partial charge in [-0.2, -0.15) is 0 Å².